The van der Waals surface area contributed by atoms with Gasteiger partial charge in [0.15, 0.2) is 0 Å². The van der Waals surface area contributed by atoms with Gasteiger partial charge in [0.05, 0.1) is 19.8 Å². The summed E-state index contributed by atoms with van der Waals surface area (Å²) in [5.41, 5.74) is 2.61. The molecule has 0 aliphatic carbocycles. The van der Waals surface area contributed by atoms with Gasteiger partial charge in [0.25, 0.3) is 0 Å². The topological polar surface area (TPSA) is 30.5 Å². The molecule has 0 amide bonds. The molecule has 0 bridgehead atoms. The van der Waals surface area contributed by atoms with Crippen LogP contribution in [-0.2, 0) is 22.6 Å². The van der Waals surface area contributed by atoms with E-state index in [2.05, 4.69) is 43.4 Å². The molecule has 100 valence electrons. The highest BCUT2D eigenvalue weighted by Crippen LogP contribution is 2.14. The SMILES string of the molecule is CC(C)CNCc1ccccc1COC1COC1. The average molecular weight is 249 g/mol. The second kappa shape index (κ2) is 6.88. The minimum atomic E-state index is 0.293. The molecule has 0 unspecified atom stereocenters. The molecule has 0 spiro atoms. The van der Waals surface area contributed by atoms with Crippen molar-refractivity contribution in [1.29, 1.82) is 0 Å². The number of nitrogens with one attached hydrogen (secondary N) is 1. The van der Waals surface area contributed by atoms with Crippen molar-refractivity contribution in [2.45, 2.75) is 33.1 Å². The smallest absolute Gasteiger partial charge is 0.105 e. The van der Waals surface area contributed by atoms with Crippen LogP contribution in [-0.4, -0.2) is 25.9 Å². The number of ether oxygens (including phenoxy) is 2. The van der Waals surface area contributed by atoms with Crippen LogP contribution in [0.2, 0.25) is 0 Å². The van der Waals surface area contributed by atoms with Crippen LogP contribution < -0.4 is 5.32 Å². The van der Waals surface area contributed by atoms with Gasteiger partial charge in [0.2, 0.25) is 0 Å². The van der Waals surface area contributed by atoms with Gasteiger partial charge in [0, 0.05) is 6.54 Å². The van der Waals surface area contributed by atoms with E-state index < -0.39 is 0 Å². The lowest BCUT2D eigenvalue weighted by Gasteiger charge is -2.26. The molecule has 1 aromatic carbocycles. The third-order valence-corrected chi connectivity index (χ3v) is 3.07. The van der Waals surface area contributed by atoms with Gasteiger partial charge < -0.3 is 14.8 Å². The highest BCUT2D eigenvalue weighted by Gasteiger charge is 2.18. The summed E-state index contributed by atoms with van der Waals surface area (Å²) in [7, 11) is 0. The van der Waals surface area contributed by atoms with Crippen molar-refractivity contribution in [3.63, 3.8) is 0 Å². The summed E-state index contributed by atoms with van der Waals surface area (Å²) in [6.45, 7) is 8.58. The summed E-state index contributed by atoms with van der Waals surface area (Å²) in [4.78, 5) is 0. The standard InChI is InChI=1S/C15H23NO2/c1-12(2)7-16-8-13-5-3-4-6-14(13)9-18-15-10-17-11-15/h3-6,12,15-16H,7-11H2,1-2H3. The van der Waals surface area contributed by atoms with Crippen molar-refractivity contribution in [2.75, 3.05) is 19.8 Å². The molecule has 1 N–H and O–H groups in total. The molecule has 1 fully saturated rings. The van der Waals surface area contributed by atoms with Gasteiger partial charge >= 0.3 is 0 Å². The lowest BCUT2D eigenvalue weighted by molar-refractivity contribution is -0.135. The van der Waals surface area contributed by atoms with Crippen molar-refractivity contribution in [2.24, 2.45) is 5.92 Å². The summed E-state index contributed by atoms with van der Waals surface area (Å²) in [5.74, 6) is 0.681. The van der Waals surface area contributed by atoms with Gasteiger partial charge in [-0.3, -0.25) is 0 Å². The Labute approximate surface area is 109 Å². The molecule has 0 aromatic heterocycles. The molecule has 1 heterocycles. The summed E-state index contributed by atoms with van der Waals surface area (Å²) in [5, 5.41) is 3.48. The van der Waals surface area contributed by atoms with Crippen molar-refractivity contribution >= 4 is 0 Å². The Kier molecular flexibility index (Phi) is 5.17. The predicted octanol–water partition coefficient (Wildman–Crippen LogP) is 2.35. The predicted molar refractivity (Wildman–Crippen MR) is 72.4 cm³/mol. The fraction of sp³-hybridized carbons (Fsp3) is 0.600. The fourth-order valence-corrected chi connectivity index (χ4v) is 1.88. The molecule has 1 saturated heterocycles. The van der Waals surface area contributed by atoms with E-state index in [0.29, 0.717) is 18.6 Å². The quantitative estimate of drug-likeness (QED) is 0.804. The largest absolute Gasteiger partial charge is 0.376 e. The summed E-state index contributed by atoms with van der Waals surface area (Å²) in [6, 6.07) is 8.47. The average Bonchev–Trinajstić information content (AvgIpc) is 2.28. The normalized spacial score (nSPS) is 15.9. The van der Waals surface area contributed by atoms with Crippen LogP contribution in [0.5, 0.6) is 0 Å². The third-order valence-electron chi connectivity index (χ3n) is 3.07. The van der Waals surface area contributed by atoms with Crippen LogP contribution in [0.25, 0.3) is 0 Å². The van der Waals surface area contributed by atoms with E-state index in [9.17, 15) is 0 Å². The van der Waals surface area contributed by atoms with Gasteiger partial charge in [-0.2, -0.15) is 0 Å². The first kappa shape index (κ1) is 13.5. The first-order valence-corrected chi connectivity index (χ1v) is 6.72. The van der Waals surface area contributed by atoms with E-state index in [1.807, 2.05) is 0 Å². The van der Waals surface area contributed by atoms with Crippen LogP contribution >= 0.6 is 0 Å². The highest BCUT2D eigenvalue weighted by atomic mass is 16.6. The monoisotopic (exact) mass is 249 g/mol. The minimum absolute atomic E-state index is 0.293. The van der Waals surface area contributed by atoms with Crippen molar-refractivity contribution < 1.29 is 9.47 Å². The third kappa shape index (κ3) is 4.09. The van der Waals surface area contributed by atoms with Gasteiger partial charge in [-0.25, -0.2) is 0 Å². The summed E-state index contributed by atoms with van der Waals surface area (Å²) < 4.78 is 10.9. The molecule has 3 heteroatoms. The van der Waals surface area contributed by atoms with E-state index in [4.69, 9.17) is 9.47 Å². The number of rotatable bonds is 7. The van der Waals surface area contributed by atoms with Crippen LogP contribution in [0, 0.1) is 5.92 Å². The molecule has 18 heavy (non-hydrogen) atoms. The molecule has 0 radical (unpaired) electrons. The minimum Gasteiger partial charge on any atom is -0.376 e. The Morgan fingerprint density at radius 1 is 1.28 bits per heavy atom. The number of hydrogen-bond donors (Lipinski definition) is 1. The second-order valence-electron chi connectivity index (χ2n) is 5.26. The van der Waals surface area contributed by atoms with Crippen molar-refractivity contribution in [1.82, 2.24) is 5.32 Å². The Morgan fingerprint density at radius 3 is 2.61 bits per heavy atom. The fourth-order valence-electron chi connectivity index (χ4n) is 1.88. The summed E-state index contributed by atoms with van der Waals surface area (Å²) >= 11 is 0. The molecule has 1 aliphatic rings. The number of hydrogen-bond acceptors (Lipinski definition) is 3. The van der Waals surface area contributed by atoms with Crippen LogP contribution in [0.15, 0.2) is 24.3 Å². The van der Waals surface area contributed by atoms with Crippen molar-refractivity contribution in [3.05, 3.63) is 35.4 Å². The second-order valence-corrected chi connectivity index (χ2v) is 5.26. The van der Waals surface area contributed by atoms with Gasteiger partial charge in [-0.05, 0) is 23.6 Å². The molecule has 2 rings (SSSR count). The maximum absolute atomic E-state index is 5.78. The molecule has 1 aromatic rings. The number of benzene rings is 1. The maximum Gasteiger partial charge on any atom is 0.105 e. The van der Waals surface area contributed by atoms with E-state index in [1.165, 1.54) is 11.1 Å². The zero-order chi connectivity index (χ0) is 12.8. The Balaban J connectivity index is 1.83. The summed E-state index contributed by atoms with van der Waals surface area (Å²) in [6.07, 6.45) is 0.293. The molecule has 0 atom stereocenters. The Hall–Kier alpha value is -0.900. The van der Waals surface area contributed by atoms with Crippen LogP contribution in [0.4, 0.5) is 0 Å². The first-order chi connectivity index (χ1) is 8.75. The zero-order valence-corrected chi connectivity index (χ0v) is 11.3. The first-order valence-electron chi connectivity index (χ1n) is 6.72. The highest BCUT2D eigenvalue weighted by molar-refractivity contribution is 5.26. The van der Waals surface area contributed by atoms with Gasteiger partial charge in [0.1, 0.15) is 6.10 Å². The molecular formula is C15H23NO2. The van der Waals surface area contributed by atoms with Gasteiger partial charge in [-0.1, -0.05) is 38.1 Å². The van der Waals surface area contributed by atoms with Crippen LogP contribution in [0.1, 0.15) is 25.0 Å². The Morgan fingerprint density at radius 2 is 2.00 bits per heavy atom. The molecular weight excluding hydrogens is 226 g/mol. The van der Waals surface area contributed by atoms with Gasteiger partial charge in [-0.15, -0.1) is 0 Å². The van der Waals surface area contributed by atoms with Crippen molar-refractivity contribution in [3.8, 4) is 0 Å². The van der Waals surface area contributed by atoms with Crippen LogP contribution in [0.3, 0.4) is 0 Å². The van der Waals surface area contributed by atoms with E-state index >= 15 is 0 Å². The molecule has 0 saturated carbocycles. The zero-order valence-electron chi connectivity index (χ0n) is 11.3. The lowest BCUT2D eigenvalue weighted by Crippen LogP contribution is -2.35. The van der Waals surface area contributed by atoms with E-state index in [0.717, 1.165) is 26.3 Å². The molecule has 3 nitrogen and oxygen atoms in total. The Bertz CT molecular complexity index is 361. The van der Waals surface area contributed by atoms with E-state index in [1.54, 1.807) is 0 Å². The lowest BCUT2D eigenvalue weighted by atomic mass is 10.1. The maximum atomic E-state index is 5.78. The molecule has 1 aliphatic heterocycles. The van der Waals surface area contributed by atoms with E-state index in [-0.39, 0.29) is 0 Å².